The van der Waals surface area contributed by atoms with Gasteiger partial charge in [-0.3, -0.25) is 9.59 Å². The SMILES string of the molecule is CN(C)CCNC(=O)C(Cc1ccccc1)NC1CCN(C(=O)c2cc(C(F)(F)F)cc(C(F)(F)F)c2)CC1. The van der Waals surface area contributed by atoms with E-state index in [1.165, 1.54) is 4.90 Å². The summed E-state index contributed by atoms with van der Waals surface area (Å²) in [4.78, 5) is 29.0. The number of nitrogens with zero attached hydrogens (tertiary/aromatic N) is 2. The van der Waals surface area contributed by atoms with Crippen molar-refractivity contribution in [2.45, 2.75) is 43.7 Å². The maximum absolute atomic E-state index is 13.2. The summed E-state index contributed by atoms with van der Waals surface area (Å²) in [5.41, 5.74) is -2.76. The molecule has 0 radical (unpaired) electrons. The molecule has 2 aromatic carbocycles. The van der Waals surface area contributed by atoms with Crippen molar-refractivity contribution >= 4 is 11.8 Å². The van der Waals surface area contributed by atoms with E-state index in [0.29, 0.717) is 44.5 Å². The molecule has 6 nitrogen and oxygen atoms in total. The van der Waals surface area contributed by atoms with Gasteiger partial charge in [-0.15, -0.1) is 0 Å². The second kappa shape index (κ2) is 12.8. The fourth-order valence-corrected chi connectivity index (χ4v) is 4.40. The molecule has 2 aromatic rings. The monoisotopic (exact) mass is 558 g/mol. The Balaban J connectivity index is 1.68. The molecule has 0 aromatic heterocycles. The Morgan fingerprint density at radius 2 is 1.51 bits per heavy atom. The predicted octanol–water partition coefficient (Wildman–Crippen LogP) is 4.21. The minimum Gasteiger partial charge on any atom is -0.353 e. The van der Waals surface area contributed by atoms with Gasteiger partial charge in [0.2, 0.25) is 5.91 Å². The molecule has 1 unspecified atom stereocenters. The van der Waals surface area contributed by atoms with Gasteiger partial charge in [-0.1, -0.05) is 30.3 Å². The molecule has 39 heavy (non-hydrogen) atoms. The molecule has 1 heterocycles. The van der Waals surface area contributed by atoms with Crippen molar-refractivity contribution in [3.63, 3.8) is 0 Å². The van der Waals surface area contributed by atoms with Crippen molar-refractivity contribution in [3.8, 4) is 0 Å². The topological polar surface area (TPSA) is 64.7 Å². The van der Waals surface area contributed by atoms with Crippen LogP contribution in [0.5, 0.6) is 0 Å². The van der Waals surface area contributed by atoms with Crippen LogP contribution in [-0.2, 0) is 23.6 Å². The highest BCUT2D eigenvalue weighted by Gasteiger charge is 2.38. The highest BCUT2D eigenvalue weighted by atomic mass is 19.4. The number of piperidine rings is 1. The van der Waals surface area contributed by atoms with Crippen molar-refractivity contribution in [2.24, 2.45) is 0 Å². The summed E-state index contributed by atoms with van der Waals surface area (Å²) in [6.45, 7) is 1.36. The van der Waals surface area contributed by atoms with Crippen molar-refractivity contribution in [2.75, 3.05) is 40.3 Å². The maximum Gasteiger partial charge on any atom is 0.416 e. The summed E-state index contributed by atoms with van der Waals surface area (Å²) in [6, 6.07) is 9.62. The molecule has 0 bridgehead atoms. The van der Waals surface area contributed by atoms with Crippen LogP contribution in [0.3, 0.4) is 0 Å². The first-order chi connectivity index (χ1) is 18.2. The molecule has 2 N–H and O–H groups in total. The second-order valence-electron chi connectivity index (χ2n) is 9.86. The summed E-state index contributed by atoms with van der Waals surface area (Å²) >= 11 is 0. The van der Waals surface area contributed by atoms with Crippen LogP contribution in [0.1, 0.15) is 39.9 Å². The molecule has 1 aliphatic rings. The molecule has 12 heteroatoms. The number of nitrogens with one attached hydrogen (secondary N) is 2. The number of benzene rings is 2. The van der Waals surface area contributed by atoms with Gasteiger partial charge in [0, 0.05) is 37.8 Å². The van der Waals surface area contributed by atoms with E-state index < -0.39 is 41.0 Å². The number of alkyl halides is 6. The molecule has 1 saturated heterocycles. The largest absolute Gasteiger partial charge is 0.416 e. The Kier molecular flexibility index (Phi) is 10.0. The van der Waals surface area contributed by atoms with Crippen LogP contribution < -0.4 is 10.6 Å². The third kappa shape index (κ3) is 8.96. The number of carbonyl (C=O) groups is 2. The molecular weight excluding hydrogens is 526 g/mol. The Morgan fingerprint density at radius 3 is 2.03 bits per heavy atom. The molecule has 1 aliphatic heterocycles. The fourth-order valence-electron chi connectivity index (χ4n) is 4.40. The maximum atomic E-state index is 13.2. The third-order valence-corrected chi connectivity index (χ3v) is 6.51. The van der Waals surface area contributed by atoms with Crippen LogP contribution in [0.2, 0.25) is 0 Å². The number of hydrogen-bond acceptors (Lipinski definition) is 4. The highest BCUT2D eigenvalue weighted by Crippen LogP contribution is 2.36. The molecule has 3 rings (SSSR count). The van der Waals surface area contributed by atoms with Gasteiger partial charge in [-0.25, -0.2) is 0 Å². The van der Waals surface area contributed by atoms with Gasteiger partial charge in [0.1, 0.15) is 0 Å². The number of rotatable bonds is 9. The Labute approximate surface area is 223 Å². The van der Waals surface area contributed by atoms with E-state index in [9.17, 15) is 35.9 Å². The van der Waals surface area contributed by atoms with Crippen LogP contribution in [0, 0.1) is 0 Å². The molecule has 214 valence electrons. The quantitative estimate of drug-likeness (QED) is 0.453. The molecular formula is C27H32F6N4O2. The van der Waals surface area contributed by atoms with Gasteiger partial charge in [0.25, 0.3) is 5.91 Å². The molecule has 2 amide bonds. The van der Waals surface area contributed by atoms with Crippen LogP contribution in [-0.4, -0.2) is 74.0 Å². The number of halogens is 6. The van der Waals surface area contributed by atoms with Gasteiger partial charge in [-0.2, -0.15) is 26.3 Å². The smallest absolute Gasteiger partial charge is 0.353 e. The Bertz CT molecular complexity index is 1080. The molecule has 0 aliphatic carbocycles. The van der Waals surface area contributed by atoms with E-state index in [-0.39, 0.29) is 31.1 Å². The zero-order chi connectivity index (χ0) is 28.8. The molecule has 0 saturated carbocycles. The van der Waals surface area contributed by atoms with E-state index in [4.69, 9.17) is 0 Å². The molecule has 1 fully saturated rings. The van der Waals surface area contributed by atoms with E-state index >= 15 is 0 Å². The highest BCUT2D eigenvalue weighted by molar-refractivity contribution is 5.94. The number of hydrogen-bond donors (Lipinski definition) is 2. The van der Waals surface area contributed by atoms with Gasteiger partial charge in [0.05, 0.1) is 17.2 Å². The van der Waals surface area contributed by atoms with E-state index in [1.807, 2.05) is 49.3 Å². The van der Waals surface area contributed by atoms with Crippen molar-refractivity contribution in [1.29, 1.82) is 0 Å². The number of likely N-dealkylation sites (tertiary alicyclic amines) is 1. The lowest BCUT2D eigenvalue weighted by Gasteiger charge is -2.34. The van der Waals surface area contributed by atoms with Crippen LogP contribution in [0.4, 0.5) is 26.3 Å². The average molecular weight is 559 g/mol. The summed E-state index contributed by atoms with van der Waals surface area (Å²) in [5.74, 6) is -1.07. The van der Waals surface area contributed by atoms with Gasteiger partial charge in [0.15, 0.2) is 0 Å². The van der Waals surface area contributed by atoms with Gasteiger partial charge >= 0.3 is 12.4 Å². The number of amides is 2. The summed E-state index contributed by atoms with van der Waals surface area (Å²) in [7, 11) is 3.79. The van der Waals surface area contributed by atoms with E-state index in [1.54, 1.807) is 0 Å². The Hall–Kier alpha value is -3.12. The minimum absolute atomic E-state index is 0.00337. The first-order valence-corrected chi connectivity index (χ1v) is 12.5. The lowest BCUT2D eigenvalue weighted by molar-refractivity contribution is -0.143. The predicted molar refractivity (Wildman–Crippen MR) is 134 cm³/mol. The van der Waals surface area contributed by atoms with E-state index in [0.717, 1.165) is 5.56 Å². The first kappa shape index (κ1) is 30.4. The number of carbonyl (C=O) groups excluding carboxylic acids is 2. The summed E-state index contributed by atoms with van der Waals surface area (Å²) < 4.78 is 79.3. The van der Waals surface area contributed by atoms with Crippen molar-refractivity contribution in [1.82, 2.24) is 20.4 Å². The Morgan fingerprint density at radius 1 is 0.949 bits per heavy atom. The zero-order valence-corrected chi connectivity index (χ0v) is 21.7. The van der Waals surface area contributed by atoms with Crippen LogP contribution in [0.25, 0.3) is 0 Å². The summed E-state index contributed by atoms with van der Waals surface area (Å²) in [6.07, 6.45) is -8.87. The zero-order valence-electron chi connectivity index (χ0n) is 21.7. The normalized spacial score (nSPS) is 15.9. The number of likely N-dealkylation sites (N-methyl/N-ethyl adjacent to an activating group) is 1. The minimum atomic E-state index is -5.03. The van der Waals surface area contributed by atoms with Crippen LogP contribution >= 0.6 is 0 Å². The molecule has 1 atom stereocenters. The van der Waals surface area contributed by atoms with E-state index in [2.05, 4.69) is 10.6 Å². The third-order valence-electron chi connectivity index (χ3n) is 6.51. The lowest BCUT2D eigenvalue weighted by atomic mass is 9.99. The second-order valence-corrected chi connectivity index (χ2v) is 9.86. The lowest BCUT2D eigenvalue weighted by Crippen LogP contribution is -2.53. The van der Waals surface area contributed by atoms with Gasteiger partial charge in [-0.05, 0) is 57.1 Å². The van der Waals surface area contributed by atoms with Crippen molar-refractivity contribution in [3.05, 3.63) is 70.8 Å². The standard InChI is InChI=1S/C27H32F6N4O2/c1-36(2)13-10-34-24(38)23(14-18-6-4-3-5-7-18)35-22-8-11-37(12-9-22)25(39)19-15-20(26(28,29)30)17-21(16-19)27(31,32)33/h3-7,15-17,22-23,35H,8-14H2,1-2H3,(H,34,38). The fraction of sp³-hybridized carbons (Fsp3) is 0.481. The van der Waals surface area contributed by atoms with Crippen molar-refractivity contribution < 1.29 is 35.9 Å². The van der Waals surface area contributed by atoms with Gasteiger partial charge < -0.3 is 20.4 Å². The van der Waals surface area contributed by atoms with Crippen LogP contribution in [0.15, 0.2) is 48.5 Å². The first-order valence-electron chi connectivity index (χ1n) is 12.5. The summed E-state index contributed by atoms with van der Waals surface area (Å²) in [5, 5.41) is 6.25. The molecule has 0 spiro atoms. The average Bonchev–Trinajstić information content (AvgIpc) is 2.87.